The van der Waals surface area contributed by atoms with Crippen LogP contribution in [0.4, 0.5) is 23.1 Å². The van der Waals surface area contributed by atoms with Crippen molar-refractivity contribution in [1.29, 1.82) is 0 Å². The second kappa shape index (κ2) is 9.35. The van der Waals surface area contributed by atoms with Crippen molar-refractivity contribution in [3.05, 3.63) is 36.0 Å². The largest absolute Gasteiger partial charge is 0.341 e. The van der Waals surface area contributed by atoms with Crippen LogP contribution in [0.2, 0.25) is 0 Å². The molecule has 2 heterocycles. The molecule has 1 aromatic carbocycles. The third kappa shape index (κ3) is 5.67. The fraction of sp³-hybridized carbons (Fsp3) is 0.476. The summed E-state index contributed by atoms with van der Waals surface area (Å²) in [7, 11) is 0. The number of nitrogens with zero attached hydrogens (tertiary/aromatic N) is 3. The standard InChI is InChI=1S/C21H29N5O/c1-3-4-8-20(27)24-18-11-9-17(10-12-18)23-19-15-16(2)22-21(25-19)26-13-6-5-7-14-26/h9-12,15H,3-8,13-14H2,1-2H3,(H,24,27)(H,22,23,25). The van der Waals surface area contributed by atoms with Crippen LogP contribution in [0.5, 0.6) is 0 Å². The molecule has 0 radical (unpaired) electrons. The second-order valence-corrected chi connectivity index (χ2v) is 7.10. The summed E-state index contributed by atoms with van der Waals surface area (Å²) in [6.07, 6.45) is 6.19. The lowest BCUT2D eigenvalue weighted by Gasteiger charge is -2.27. The number of carbonyl (C=O) groups excluding carboxylic acids is 1. The summed E-state index contributed by atoms with van der Waals surface area (Å²) in [5, 5.41) is 6.28. The van der Waals surface area contributed by atoms with Crippen LogP contribution < -0.4 is 15.5 Å². The molecule has 0 atom stereocenters. The average Bonchev–Trinajstić information content (AvgIpc) is 2.68. The Bertz CT molecular complexity index is 754. The van der Waals surface area contributed by atoms with Gasteiger partial charge in [0.05, 0.1) is 0 Å². The van der Waals surface area contributed by atoms with Gasteiger partial charge < -0.3 is 15.5 Å². The number of anilines is 4. The highest BCUT2D eigenvalue weighted by Crippen LogP contribution is 2.22. The lowest BCUT2D eigenvalue weighted by atomic mass is 10.1. The molecule has 1 aliphatic heterocycles. The van der Waals surface area contributed by atoms with Crippen molar-refractivity contribution in [2.24, 2.45) is 0 Å². The lowest BCUT2D eigenvalue weighted by molar-refractivity contribution is -0.116. The molecule has 6 heteroatoms. The van der Waals surface area contributed by atoms with Gasteiger partial charge >= 0.3 is 0 Å². The van der Waals surface area contributed by atoms with Crippen molar-refractivity contribution in [3.8, 4) is 0 Å². The van der Waals surface area contributed by atoms with Gasteiger partial charge in [0.1, 0.15) is 5.82 Å². The fourth-order valence-electron chi connectivity index (χ4n) is 3.20. The molecule has 6 nitrogen and oxygen atoms in total. The molecule has 144 valence electrons. The van der Waals surface area contributed by atoms with E-state index < -0.39 is 0 Å². The highest BCUT2D eigenvalue weighted by Gasteiger charge is 2.14. The number of carbonyl (C=O) groups is 1. The summed E-state index contributed by atoms with van der Waals surface area (Å²) in [5.74, 6) is 1.66. The molecule has 1 saturated heterocycles. The van der Waals surface area contributed by atoms with E-state index >= 15 is 0 Å². The number of aromatic nitrogens is 2. The SMILES string of the molecule is CCCCC(=O)Nc1ccc(Nc2cc(C)nc(N3CCCCC3)n2)cc1. The van der Waals surface area contributed by atoms with Gasteiger partial charge in [0, 0.05) is 42.6 Å². The van der Waals surface area contributed by atoms with E-state index in [0.717, 1.165) is 54.8 Å². The Morgan fingerprint density at radius 2 is 1.78 bits per heavy atom. The Morgan fingerprint density at radius 1 is 1.07 bits per heavy atom. The third-order valence-electron chi connectivity index (χ3n) is 4.68. The van der Waals surface area contributed by atoms with Crippen LogP contribution in [-0.2, 0) is 4.79 Å². The molecular weight excluding hydrogens is 338 g/mol. The van der Waals surface area contributed by atoms with E-state index in [0.29, 0.717) is 6.42 Å². The maximum absolute atomic E-state index is 11.8. The predicted molar refractivity (Wildman–Crippen MR) is 111 cm³/mol. The van der Waals surface area contributed by atoms with E-state index in [1.165, 1.54) is 19.3 Å². The van der Waals surface area contributed by atoms with E-state index in [1.807, 2.05) is 37.3 Å². The zero-order chi connectivity index (χ0) is 19.1. The first kappa shape index (κ1) is 19.1. The Kier molecular flexibility index (Phi) is 6.63. The number of unbranched alkanes of at least 4 members (excludes halogenated alkanes) is 1. The number of aryl methyl sites for hydroxylation is 1. The van der Waals surface area contributed by atoms with Crippen LogP contribution in [0.3, 0.4) is 0 Å². The van der Waals surface area contributed by atoms with Crippen molar-refractivity contribution in [3.63, 3.8) is 0 Å². The van der Waals surface area contributed by atoms with Gasteiger partial charge in [0.25, 0.3) is 0 Å². The maximum Gasteiger partial charge on any atom is 0.227 e. The third-order valence-corrected chi connectivity index (χ3v) is 4.68. The molecular formula is C21H29N5O. The molecule has 0 aliphatic carbocycles. The summed E-state index contributed by atoms with van der Waals surface area (Å²) in [6.45, 7) is 6.12. The van der Waals surface area contributed by atoms with Crippen LogP contribution in [0.1, 0.15) is 51.1 Å². The first-order valence-electron chi connectivity index (χ1n) is 9.91. The molecule has 2 N–H and O–H groups in total. The van der Waals surface area contributed by atoms with Crippen LogP contribution in [-0.4, -0.2) is 29.0 Å². The molecule has 1 aliphatic rings. The van der Waals surface area contributed by atoms with Crippen molar-refractivity contribution in [1.82, 2.24) is 9.97 Å². The minimum absolute atomic E-state index is 0.0650. The van der Waals surface area contributed by atoms with E-state index in [4.69, 9.17) is 4.98 Å². The molecule has 1 aromatic heterocycles. The van der Waals surface area contributed by atoms with Crippen LogP contribution >= 0.6 is 0 Å². The average molecular weight is 367 g/mol. The van der Waals surface area contributed by atoms with E-state index in [9.17, 15) is 4.79 Å². The van der Waals surface area contributed by atoms with Gasteiger partial charge in [-0.05, 0) is 56.9 Å². The van der Waals surface area contributed by atoms with Crippen molar-refractivity contribution >= 4 is 29.0 Å². The number of piperidine rings is 1. The second-order valence-electron chi connectivity index (χ2n) is 7.10. The van der Waals surface area contributed by atoms with Crippen LogP contribution in [0.25, 0.3) is 0 Å². The van der Waals surface area contributed by atoms with Gasteiger partial charge in [-0.3, -0.25) is 4.79 Å². The molecule has 0 unspecified atom stereocenters. The Morgan fingerprint density at radius 3 is 2.48 bits per heavy atom. The van der Waals surface area contributed by atoms with Crippen molar-refractivity contribution in [2.75, 3.05) is 28.6 Å². The Hall–Kier alpha value is -2.63. The summed E-state index contributed by atoms with van der Waals surface area (Å²) in [4.78, 5) is 23.4. The van der Waals surface area contributed by atoms with Gasteiger partial charge in [-0.25, -0.2) is 4.98 Å². The first-order valence-corrected chi connectivity index (χ1v) is 9.91. The number of hydrogen-bond donors (Lipinski definition) is 2. The number of amides is 1. The normalized spacial score (nSPS) is 14.1. The van der Waals surface area contributed by atoms with Crippen molar-refractivity contribution < 1.29 is 4.79 Å². The highest BCUT2D eigenvalue weighted by atomic mass is 16.1. The first-order chi connectivity index (χ1) is 13.1. The fourth-order valence-corrected chi connectivity index (χ4v) is 3.20. The molecule has 1 fully saturated rings. The Balaban J connectivity index is 1.64. The van der Waals surface area contributed by atoms with Gasteiger partial charge in [0.2, 0.25) is 11.9 Å². The van der Waals surface area contributed by atoms with Gasteiger partial charge in [0.15, 0.2) is 0 Å². The molecule has 3 rings (SSSR count). The number of hydrogen-bond acceptors (Lipinski definition) is 5. The van der Waals surface area contributed by atoms with Crippen molar-refractivity contribution in [2.45, 2.75) is 52.4 Å². The summed E-state index contributed by atoms with van der Waals surface area (Å²) < 4.78 is 0. The zero-order valence-corrected chi connectivity index (χ0v) is 16.3. The van der Waals surface area contributed by atoms with Crippen LogP contribution in [0, 0.1) is 6.92 Å². The van der Waals surface area contributed by atoms with E-state index in [2.05, 4.69) is 27.4 Å². The smallest absolute Gasteiger partial charge is 0.227 e. The quantitative estimate of drug-likeness (QED) is 0.745. The van der Waals surface area contributed by atoms with Gasteiger partial charge in [-0.1, -0.05) is 13.3 Å². The minimum Gasteiger partial charge on any atom is -0.341 e. The summed E-state index contributed by atoms with van der Waals surface area (Å²) >= 11 is 0. The summed E-state index contributed by atoms with van der Waals surface area (Å²) in [5.41, 5.74) is 2.70. The van der Waals surface area contributed by atoms with Gasteiger partial charge in [-0.15, -0.1) is 0 Å². The molecule has 2 aromatic rings. The highest BCUT2D eigenvalue weighted by molar-refractivity contribution is 5.90. The number of nitrogens with one attached hydrogen (secondary N) is 2. The monoisotopic (exact) mass is 367 g/mol. The zero-order valence-electron chi connectivity index (χ0n) is 16.3. The summed E-state index contributed by atoms with van der Waals surface area (Å²) in [6, 6.07) is 9.67. The molecule has 27 heavy (non-hydrogen) atoms. The van der Waals surface area contributed by atoms with E-state index in [-0.39, 0.29) is 5.91 Å². The topological polar surface area (TPSA) is 70.2 Å². The minimum atomic E-state index is 0.0650. The number of benzene rings is 1. The Labute approximate surface area is 161 Å². The maximum atomic E-state index is 11.8. The van der Waals surface area contributed by atoms with Gasteiger partial charge in [-0.2, -0.15) is 4.98 Å². The van der Waals surface area contributed by atoms with E-state index in [1.54, 1.807) is 0 Å². The molecule has 0 bridgehead atoms. The van der Waals surface area contributed by atoms with Crippen LogP contribution in [0.15, 0.2) is 30.3 Å². The number of rotatable bonds is 7. The predicted octanol–water partition coefficient (Wildman–Crippen LogP) is 4.65. The molecule has 0 saturated carbocycles. The molecule has 0 spiro atoms. The lowest BCUT2D eigenvalue weighted by Crippen LogP contribution is -2.31. The molecule has 1 amide bonds.